The Labute approximate surface area is 212 Å². The van der Waals surface area contributed by atoms with Crippen molar-refractivity contribution in [3.63, 3.8) is 0 Å². The largest absolute Gasteiger partial charge is 0.493 e. The summed E-state index contributed by atoms with van der Waals surface area (Å²) in [6.07, 6.45) is 5.03. The van der Waals surface area contributed by atoms with Crippen LogP contribution in [0.5, 0.6) is 11.5 Å². The van der Waals surface area contributed by atoms with Crippen LogP contribution in [0, 0.1) is 5.82 Å². The van der Waals surface area contributed by atoms with Gasteiger partial charge in [-0.25, -0.2) is 9.07 Å². The van der Waals surface area contributed by atoms with Crippen molar-refractivity contribution < 1.29 is 23.0 Å². The minimum absolute atomic E-state index is 0.0165. The third kappa shape index (κ3) is 6.58. The summed E-state index contributed by atoms with van der Waals surface area (Å²) in [5, 5.41) is 4.67. The molecule has 4 aromatic rings. The normalized spacial score (nSPS) is 11.1. The van der Waals surface area contributed by atoms with Gasteiger partial charge >= 0.3 is 0 Å². The number of hydrogen-bond donors (Lipinski definition) is 0. The van der Waals surface area contributed by atoms with Gasteiger partial charge < -0.3 is 9.47 Å². The highest BCUT2D eigenvalue weighted by Gasteiger charge is 2.10. The Morgan fingerprint density at radius 3 is 2.58 bits per heavy atom. The molecule has 0 saturated carbocycles. The van der Waals surface area contributed by atoms with E-state index in [0.717, 1.165) is 11.1 Å². The molecule has 0 radical (unpaired) electrons. The van der Waals surface area contributed by atoms with Crippen LogP contribution in [0.3, 0.4) is 0 Å². The van der Waals surface area contributed by atoms with Gasteiger partial charge in [-0.2, -0.15) is 5.10 Å². The molecule has 0 bridgehead atoms. The van der Waals surface area contributed by atoms with Crippen LogP contribution >= 0.6 is 11.6 Å². The summed E-state index contributed by atoms with van der Waals surface area (Å²) in [5.74, 6) is 0.421. The van der Waals surface area contributed by atoms with E-state index in [2.05, 4.69) is 5.10 Å². The fourth-order valence-corrected chi connectivity index (χ4v) is 3.55. The van der Waals surface area contributed by atoms with Gasteiger partial charge in [-0.15, -0.1) is 0 Å². The highest BCUT2D eigenvalue weighted by Crippen LogP contribution is 2.25. The lowest BCUT2D eigenvalue weighted by atomic mass is 10.1. The van der Waals surface area contributed by atoms with Crippen molar-refractivity contribution in [2.75, 3.05) is 13.3 Å². The van der Waals surface area contributed by atoms with Crippen molar-refractivity contribution in [1.82, 2.24) is 9.78 Å². The number of benzene rings is 3. The summed E-state index contributed by atoms with van der Waals surface area (Å²) in [4.78, 5) is 12.6. The second kappa shape index (κ2) is 12.1. The third-order valence-corrected chi connectivity index (χ3v) is 5.59. The van der Waals surface area contributed by atoms with Gasteiger partial charge in [0.1, 0.15) is 23.9 Å². The molecular formula is C28H23ClF2N2O3. The van der Waals surface area contributed by atoms with Crippen molar-refractivity contribution in [2.45, 2.75) is 13.0 Å². The van der Waals surface area contributed by atoms with E-state index >= 15 is 0 Å². The number of aromatic nitrogens is 2. The number of ether oxygens (including phenoxy) is 2. The van der Waals surface area contributed by atoms with E-state index in [1.54, 1.807) is 54.7 Å². The standard InChI is InChI=1S/C28H23ClF2N2O3/c29-25-6-2-7-26(31)24(25)19-36-23-5-1-4-21(18-23)27-14-16-33(32-27)28(34)13-10-20-8-11-22(12-9-20)35-17-3-15-30/h1-2,4-14,16,18H,3,15,17,19H2/b13-10+. The summed E-state index contributed by atoms with van der Waals surface area (Å²) in [7, 11) is 0. The van der Waals surface area contributed by atoms with Gasteiger partial charge in [-0.05, 0) is 54.1 Å². The Balaban J connectivity index is 1.38. The Hall–Kier alpha value is -3.97. The molecule has 36 heavy (non-hydrogen) atoms. The van der Waals surface area contributed by atoms with Crippen LogP contribution in [0.15, 0.2) is 85.1 Å². The maximum absolute atomic E-state index is 14.0. The first kappa shape index (κ1) is 25.1. The molecular weight excluding hydrogens is 486 g/mol. The van der Waals surface area contributed by atoms with Crippen molar-refractivity contribution in [2.24, 2.45) is 0 Å². The van der Waals surface area contributed by atoms with Gasteiger partial charge in [-0.1, -0.05) is 41.9 Å². The molecule has 0 aliphatic carbocycles. The SMILES string of the molecule is O=C(/C=C/c1ccc(OCCCF)cc1)n1ccc(-c2cccc(OCc3c(F)cccc3Cl)c2)n1. The summed E-state index contributed by atoms with van der Waals surface area (Å²) >= 11 is 6.06. The first-order chi connectivity index (χ1) is 17.5. The number of nitrogens with zero attached hydrogens (tertiary/aromatic N) is 2. The monoisotopic (exact) mass is 508 g/mol. The topological polar surface area (TPSA) is 53.4 Å². The van der Waals surface area contributed by atoms with Crippen LogP contribution in [-0.4, -0.2) is 29.0 Å². The highest BCUT2D eigenvalue weighted by molar-refractivity contribution is 6.31. The molecule has 0 spiro atoms. The molecule has 0 aliphatic rings. The Kier molecular flexibility index (Phi) is 8.47. The lowest BCUT2D eigenvalue weighted by molar-refractivity contribution is 0.0955. The van der Waals surface area contributed by atoms with Crippen molar-refractivity contribution in [1.29, 1.82) is 0 Å². The summed E-state index contributed by atoms with van der Waals surface area (Å²) < 4.78 is 38.5. The maximum atomic E-state index is 14.0. The predicted molar refractivity (Wildman–Crippen MR) is 136 cm³/mol. The number of hydrogen-bond acceptors (Lipinski definition) is 4. The Morgan fingerprint density at radius 1 is 1.00 bits per heavy atom. The van der Waals surface area contributed by atoms with Crippen LogP contribution < -0.4 is 9.47 Å². The minimum Gasteiger partial charge on any atom is -0.493 e. The van der Waals surface area contributed by atoms with E-state index in [-0.39, 0.29) is 18.1 Å². The van der Waals surface area contributed by atoms with E-state index in [1.165, 1.54) is 22.9 Å². The molecule has 0 saturated heterocycles. The van der Waals surface area contributed by atoms with E-state index in [9.17, 15) is 13.6 Å². The third-order valence-electron chi connectivity index (χ3n) is 5.23. The van der Waals surface area contributed by atoms with Gasteiger partial charge in [0.2, 0.25) is 0 Å². The highest BCUT2D eigenvalue weighted by atomic mass is 35.5. The first-order valence-electron chi connectivity index (χ1n) is 11.3. The van der Waals surface area contributed by atoms with Crippen LogP contribution in [0.4, 0.5) is 8.78 Å². The molecule has 5 nitrogen and oxygen atoms in total. The predicted octanol–water partition coefficient (Wildman–Crippen LogP) is 7.01. The average molecular weight is 509 g/mol. The molecule has 1 heterocycles. The second-order valence-electron chi connectivity index (χ2n) is 7.79. The molecule has 0 amide bonds. The summed E-state index contributed by atoms with van der Waals surface area (Å²) in [5.41, 5.74) is 2.42. The number of alkyl halides is 1. The number of allylic oxidation sites excluding steroid dienone is 1. The molecule has 3 aromatic carbocycles. The molecule has 4 rings (SSSR count). The first-order valence-corrected chi connectivity index (χ1v) is 11.6. The fourth-order valence-electron chi connectivity index (χ4n) is 3.34. The molecule has 0 atom stereocenters. The van der Waals surface area contributed by atoms with Gasteiger partial charge in [0.25, 0.3) is 5.91 Å². The zero-order chi connectivity index (χ0) is 25.3. The Morgan fingerprint density at radius 2 is 1.81 bits per heavy atom. The average Bonchev–Trinajstić information content (AvgIpc) is 3.39. The van der Waals surface area contributed by atoms with E-state index in [1.807, 2.05) is 18.2 Å². The molecule has 0 aliphatic heterocycles. The fraction of sp³-hybridized carbons (Fsp3) is 0.143. The lowest BCUT2D eigenvalue weighted by Crippen LogP contribution is -2.07. The number of rotatable bonds is 10. The molecule has 0 fully saturated rings. The number of carbonyl (C=O) groups is 1. The van der Waals surface area contributed by atoms with E-state index in [0.29, 0.717) is 35.2 Å². The lowest BCUT2D eigenvalue weighted by Gasteiger charge is -2.09. The van der Waals surface area contributed by atoms with Gasteiger partial charge in [0.15, 0.2) is 0 Å². The van der Waals surface area contributed by atoms with Crippen molar-refractivity contribution in [3.8, 4) is 22.8 Å². The number of halogens is 3. The van der Waals surface area contributed by atoms with Crippen molar-refractivity contribution in [3.05, 3.63) is 107 Å². The molecule has 0 unspecified atom stereocenters. The zero-order valence-electron chi connectivity index (χ0n) is 19.2. The number of carbonyl (C=O) groups excluding carboxylic acids is 1. The van der Waals surface area contributed by atoms with Crippen molar-refractivity contribution >= 4 is 23.6 Å². The van der Waals surface area contributed by atoms with Gasteiger partial charge in [0.05, 0.1) is 24.0 Å². The van der Waals surface area contributed by atoms with Gasteiger partial charge in [0, 0.05) is 29.8 Å². The molecule has 0 N–H and O–H groups in total. The minimum atomic E-state index is -0.429. The van der Waals surface area contributed by atoms with Gasteiger partial charge in [-0.3, -0.25) is 9.18 Å². The smallest absolute Gasteiger partial charge is 0.270 e. The summed E-state index contributed by atoms with van der Waals surface area (Å²) in [6.45, 7) is -0.111. The molecule has 1 aromatic heterocycles. The van der Waals surface area contributed by atoms with Crippen LogP contribution in [-0.2, 0) is 6.61 Å². The molecule has 8 heteroatoms. The summed E-state index contributed by atoms with van der Waals surface area (Å²) in [6, 6.07) is 20.5. The zero-order valence-corrected chi connectivity index (χ0v) is 20.0. The molecule has 184 valence electrons. The van der Waals surface area contributed by atoms with Crippen LogP contribution in [0.1, 0.15) is 22.3 Å². The second-order valence-corrected chi connectivity index (χ2v) is 8.20. The van der Waals surface area contributed by atoms with E-state index < -0.39 is 12.5 Å². The van der Waals surface area contributed by atoms with Crippen LogP contribution in [0.25, 0.3) is 17.3 Å². The Bertz CT molecular complexity index is 1330. The quantitative estimate of drug-likeness (QED) is 0.171. The maximum Gasteiger partial charge on any atom is 0.270 e. The van der Waals surface area contributed by atoms with E-state index in [4.69, 9.17) is 21.1 Å². The van der Waals surface area contributed by atoms with Crippen LogP contribution in [0.2, 0.25) is 5.02 Å².